The molecular weight excluding hydrogens is 243 g/mol. The summed E-state index contributed by atoms with van der Waals surface area (Å²) in [6.07, 6.45) is 3.53. The molecule has 0 aliphatic rings. The Balaban J connectivity index is 2.23. The van der Waals surface area contributed by atoms with Crippen LogP contribution in [0.15, 0.2) is 30.6 Å². The molecule has 1 heterocycles. The van der Waals surface area contributed by atoms with Gasteiger partial charge in [-0.25, -0.2) is 9.37 Å². The van der Waals surface area contributed by atoms with E-state index in [9.17, 15) is 9.18 Å². The van der Waals surface area contributed by atoms with Crippen LogP contribution in [0.2, 0.25) is 5.02 Å². The maximum atomic E-state index is 12.8. The van der Waals surface area contributed by atoms with Crippen molar-refractivity contribution in [2.75, 3.05) is 0 Å². The summed E-state index contributed by atoms with van der Waals surface area (Å²) in [5, 5.41) is 0.129. The molecule has 0 saturated heterocycles. The van der Waals surface area contributed by atoms with E-state index in [1.807, 2.05) is 7.05 Å². The largest absolute Gasteiger partial charge is 0.338 e. The van der Waals surface area contributed by atoms with Crippen LogP contribution in [0.5, 0.6) is 0 Å². The van der Waals surface area contributed by atoms with Gasteiger partial charge in [-0.1, -0.05) is 11.6 Å². The van der Waals surface area contributed by atoms with Crippen molar-refractivity contribution >= 4 is 17.4 Å². The van der Waals surface area contributed by atoms with Gasteiger partial charge in [0.2, 0.25) is 0 Å². The zero-order valence-corrected chi connectivity index (χ0v) is 9.91. The van der Waals surface area contributed by atoms with Crippen LogP contribution < -0.4 is 0 Å². The van der Waals surface area contributed by atoms with E-state index in [4.69, 9.17) is 11.6 Å². The Labute approximate surface area is 103 Å². The molecule has 0 bridgehead atoms. The number of Topliss-reactive ketones (excluding diaryl/α,β-unsaturated/α-hetero) is 1. The lowest BCUT2D eigenvalue weighted by Crippen LogP contribution is -2.08. The number of aromatic nitrogens is 2. The molecule has 17 heavy (non-hydrogen) atoms. The number of ketones is 1. The molecule has 0 fully saturated rings. The number of imidazole rings is 1. The molecule has 1 aromatic carbocycles. The minimum absolute atomic E-state index is 0.129. The predicted molar refractivity (Wildman–Crippen MR) is 62.7 cm³/mol. The van der Waals surface area contributed by atoms with Crippen molar-refractivity contribution in [3.63, 3.8) is 0 Å². The van der Waals surface area contributed by atoms with E-state index in [1.54, 1.807) is 17.0 Å². The molecule has 0 amide bonds. The fourth-order valence-corrected chi connectivity index (χ4v) is 1.79. The first-order chi connectivity index (χ1) is 8.08. The van der Waals surface area contributed by atoms with Gasteiger partial charge < -0.3 is 4.57 Å². The van der Waals surface area contributed by atoms with Crippen molar-refractivity contribution in [3.05, 3.63) is 52.8 Å². The zero-order valence-electron chi connectivity index (χ0n) is 9.15. The summed E-state index contributed by atoms with van der Waals surface area (Å²) in [5.41, 5.74) is 0.316. The van der Waals surface area contributed by atoms with Gasteiger partial charge in [0.25, 0.3) is 0 Å². The van der Waals surface area contributed by atoms with E-state index in [1.165, 1.54) is 12.1 Å². The minimum Gasteiger partial charge on any atom is -0.338 e. The maximum absolute atomic E-state index is 12.8. The summed E-state index contributed by atoms with van der Waals surface area (Å²) in [6.45, 7) is 0. The molecule has 0 unspecified atom stereocenters. The highest BCUT2D eigenvalue weighted by Crippen LogP contribution is 2.18. The standard InChI is InChI=1S/C12H10ClFN2O/c1-16-5-4-15-12(16)7-11(17)9-3-2-8(14)6-10(9)13/h2-6H,7H2,1H3. The summed E-state index contributed by atoms with van der Waals surface area (Å²) >= 11 is 5.82. The molecule has 3 nitrogen and oxygen atoms in total. The highest BCUT2D eigenvalue weighted by molar-refractivity contribution is 6.34. The number of aryl methyl sites for hydroxylation is 1. The fraction of sp³-hybridized carbons (Fsp3) is 0.167. The number of nitrogens with zero attached hydrogens (tertiary/aromatic N) is 2. The molecule has 88 valence electrons. The number of hydrogen-bond donors (Lipinski definition) is 0. The molecule has 0 aliphatic carbocycles. The Morgan fingerprint density at radius 3 is 2.88 bits per heavy atom. The van der Waals surface area contributed by atoms with Crippen molar-refractivity contribution < 1.29 is 9.18 Å². The molecule has 0 radical (unpaired) electrons. The molecule has 0 N–H and O–H groups in total. The Morgan fingerprint density at radius 2 is 2.29 bits per heavy atom. The average molecular weight is 253 g/mol. The Hall–Kier alpha value is -1.68. The van der Waals surface area contributed by atoms with Gasteiger partial charge in [0.15, 0.2) is 5.78 Å². The third kappa shape index (κ3) is 2.53. The quantitative estimate of drug-likeness (QED) is 0.787. The van der Waals surface area contributed by atoms with Gasteiger partial charge in [-0.15, -0.1) is 0 Å². The Kier molecular flexibility index (Phi) is 3.24. The lowest BCUT2D eigenvalue weighted by Gasteiger charge is -2.04. The van der Waals surface area contributed by atoms with Gasteiger partial charge in [-0.3, -0.25) is 4.79 Å². The van der Waals surface area contributed by atoms with Crippen molar-refractivity contribution in [1.29, 1.82) is 0 Å². The normalized spacial score (nSPS) is 10.5. The average Bonchev–Trinajstić information content (AvgIpc) is 2.64. The number of carbonyl (C=O) groups is 1. The van der Waals surface area contributed by atoms with Gasteiger partial charge in [0.05, 0.1) is 11.4 Å². The highest BCUT2D eigenvalue weighted by Gasteiger charge is 2.13. The summed E-state index contributed by atoms with van der Waals surface area (Å²) < 4.78 is 14.6. The van der Waals surface area contributed by atoms with Crippen molar-refractivity contribution in [1.82, 2.24) is 9.55 Å². The second-order valence-corrected chi connectivity index (χ2v) is 4.09. The molecule has 1 aromatic heterocycles. The van der Waals surface area contributed by atoms with E-state index >= 15 is 0 Å². The lowest BCUT2D eigenvalue weighted by molar-refractivity contribution is 0.0990. The van der Waals surface area contributed by atoms with E-state index < -0.39 is 5.82 Å². The van der Waals surface area contributed by atoms with E-state index in [0.717, 1.165) is 6.07 Å². The number of rotatable bonds is 3. The van der Waals surface area contributed by atoms with E-state index in [0.29, 0.717) is 11.4 Å². The summed E-state index contributed by atoms with van der Waals surface area (Å²) in [6, 6.07) is 3.74. The first-order valence-corrected chi connectivity index (χ1v) is 5.40. The van der Waals surface area contributed by atoms with Crippen LogP contribution in [0.25, 0.3) is 0 Å². The van der Waals surface area contributed by atoms with Crippen LogP contribution in [0.1, 0.15) is 16.2 Å². The molecular formula is C12H10ClFN2O. The third-order valence-electron chi connectivity index (χ3n) is 2.47. The SMILES string of the molecule is Cn1ccnc1CC(=O)c1ccc(F)cc1Cl. The van der Waals surface area contributed by atoms with E-state index in [-0.39, 0.29) is 17.2 Å². The lowest BCUT2D eigenvalue weighted by atomic mass is 10.1. The van der Waals surface area contributed by atoms with Crippen LogP contribution in [0, 0.1) is 5.82 Å². The monoisotopic (exact) mass is 252 g/mol. The summed E-state index contributed by atoms with van der Waals surface area (Å²) in [5.74, 6) is 0.0169. The van der Waals surface area contributed by atoms with Gasteiger partial charge in [0, 0.05) is 25.0 Å². The molecule has 0 saturated carbocycles. The van der Waals surface area contributed by atoms with Crippen molar-refractivity contribution in [2.45, 2.75) is 6.42 Å². The minimum atomic E-state index is -0.455. The number of hydrogen-bond acceptors (Lipinski definition) is 2. The van der Waals surface area contributed by atoms with Crippen molar-refractivity contribution in [2.24, 2.45) is 7.05 Å². The maximum Gasteiger partial charge on any atom is 0.171 e. The van der Waals surface area contributed by atoms with E-state index in [2.05, 4.69) is 4.98 Å². The topological polar surface area (TPSA) is 34.9 Å². The highest BCUT2D eigenvalue weighted by atomic mass is 35.5. The Morgan fingerprint density at radius 1 is 1.53 bits per heavy atom. The van der Waals surface area contributed by atoms with Gasteiger partial charge in [-0.2, -0.15) is 0 Å². The molecule has 0 atom stereocenters. The second-order valence-electron chi connectivity index (χ2n) is 3.68. The first kappa shape index (κ1) is 11.8. The van der Waals surface area contributed by atoms with Crippen LogP contribution in [-0.4, -0.2) is 15.3 Å². The molecule has 5 heteroatoms. The van der Waals surface area contributed by atoms with Crippen LogP contribution in [0.3, 0.4) is 0 Å². The van der Waals surface area contributed by atoms with Gasteiger partial charge in [-0.05, 0) is 18.2 Å². The second kappa shape index (κ2) is 4.67. The van der Waals surface area contributed by atoms with Crippen molar-refractivity contribution in [3.8, 4) is 0 Å². The van der Waals surface area contributed by atoms with Crippen LogP contribution >= 0.6 is 11.6 Å². The zero-order chi connectivity index (χ0) is 12.4. The Bertz CT molecular complexity index is 565. The van der Waals surface area contributed by atoms with Crippen LogP contribution in [0.4, 0.5) is 4.39 Å². The predicted octanol–water partition coefficient (Wildman–Crippen LogP) is 2.64. The van der Waals surface area contributed by atoms with Crippen LogP contribution in [-0.2, 0) is 13.5 Å². The number of halogens is 2. The smallest absolute Gasteiger partial charge is 0.171 e. The summed E-state index contributed by atoms with van der Waals surface area (Å²) in [4.78, 5) is 16.0. The molecule has 0 aliphatic heterocycles. The fourth-order valence-electron chi connectivity index (χ4n) is 1.52. The first-order valence-electron chi connectivity index (χ1n) is 5.02. The number of benzene rings is 1. The molecule has 2 rings (SSSR count). The molecule has 2 aromatic rings. The van der Waals surface area contributed by atoms with Gasteiger partial charge in [0.1, 0.15) is 11.6 Å². The molecule has 0 spiro atoms. The number of carbonyl (C=O) groups excluding carboxylic acids is 1. The third-order valence-corrected chi connectivity index (χ3v) is 2.78. The van der Waals surface area contributed by atoms with Gasteiger partial charge >= 0.3 is 0 Å². The summed E-state index contributed by atoms with van der Waals surface area (Å²) in [7, 11) is 1.81.